The molecule has 1 aliphatic heterocycles. The Bertz CT molecular complexity index is 1140. The highest BCUT2D eigenvalue weighted by Gasteiger charge is 2.42. The van der Waals surface area contributed by atoms with Crippen molar-refractivity contribution in [1.82, 2.24) is 14.4 Å². The molecule has 3 unspecified atom stereocenters. The van der Waals surface area contributed by atoms with Crippen LogP contribution in [0.4, 0.5) is 0 Å². The van der Waals surface area contributed by atoms with E-state index in [0.29, 0.717) is 0 Å². The van der Waals surface area contributed by atoms with E-state index in [1.165, 1.54) is 61.3 Å². The van der Waals surface area contributed by atoms with E-state index in [4.69, 9.17) is 23.2 Å². The van der Waals surface area contributed by atoms with Gasteiger partial charge in [-0.05, 0) is 91.6 Å². The molecule has 6 rings (SSSR count). The fourth-order valence-electron chi connectivity index (χ4n) is 6.73. The van der Waals surface area contributed by atoms with Crippen molar-refractivity contribution in [2.75, 3.05) is 26.2 Å². The van der Waals surface area contributed by atoms with Crippen LogP contribution >= 0.6 is 23.2 Å². The Morgan fingerprint density at radius 2 is 1.50 bits per heavy atom. The maximum absolute atomic E-state index is 6.19. The monoisotopic (exact) mass is 493 g/mol. The van der Waals surface area contributed by atoms with Gasteiger partial charge in [-0.3, -0.25) is 9.80 Å². The predicted molar refractivity (Wildman–Crippen MR) is 142 cm³/mol. The quantitative estimate of drug-likeness (QED) is 0.376. The molecule has 2 aromatic carbocycles. The normalized spacial score (nSPS) is 25.3. The van der Waals surface area contributed by atoms with Crippen LogP contribution in [-0.2, 0) is 6.54 Å². The number of piperazine rings is 1. The predicted octanol–water partition coefficient (Wildman–Crippen LogP) is 7.07. The number of hydrogen-bond acceptors (Lipinski definition) is 2. The third-order valence-electron chi connectivity index (χ3n) is 8.55. The van der Waals surface area contributed by atoms with Gasteiger partial charge in [-0.2, -0.15) is 0 Å². The lowest BCUT2D eigenvalue weighted by Crippen LogP contribution is -2.51. The summed E-state index contributed by atoms with van der Waals surface area (Å²) in [5, 5.41) is 1.52. The van der Waals surface area contributed by atoms with Crippen LogP contribution in [0.3, 0.4) is 0 Å². The SMILES string of the molecule is Cc1c(CN2CCN(C3CC4CCC3C4)CC2)cc(-c2ccc(Cl)cc2)n1-c1ccc(Cl)cc1. The van der Waals surface area contributed by atoms with Crippen molar-refractivity contribution < 1.29 is 0 Å². The van der Waals surface area contributed by atoms with E-state index >= 15 is 0 Å². The topological polar surface area (TPSA) is 11.4 Å². The highest BCUT2D eigenvalue weighted by atomic mass is 35.5. The number of rotatable bonds is 5. The molecule has 0 spiro atoms. The molecule has 2 aliphatic carbocycles. The third kappa shape index (κ3) is 4.33. The van der Waals surface area contributed by atoms with E-state index in [0.717, 1.165) is 53.2 Å². The average molecular weight is 495 g/mol. The Kier molecular flexibility index (Phi) is 6.23. The molecule has 3 aromatic rings. The summed E-state index contributed by atoms with van der Waals surface area (Å²) in [4.78, 5) is 5.45. The van der Waals surface area contributed by atoms with Gasteiger partial charge in [-0.15, -0.1) is 0 Å². The Labute approximate surface area is 213 Å². The molecule has 34 heavy (non-hydrogen) atoms. The van der Waals surface area contributed by atoms with Crippen molar-refractivity contribution in [3.8, 4) is 16.9 Å². The van der Waals surface area contributed by atoms with Crippen molar-refractivity contribution in [3.05, 3.63) is 75.9 Å². The van der Waals surface area contributed by atoms with Gasteiger partial charge in [0, 0.05) is 60.2 Å². The van der Waals surface area contributed by atoms with Gasteiger partial charge in [-0.1, -0.05) is 41.8 Å². The van der Waals surface area contributed by atoms with Crippen LogP contribution in [-0.4, -0.2) is 46.6 Å². The van der Waals surface area contributed by atoms with Crippen molar-refractivity contribution in [1.29, 1.82) is 0 Å². The summed E-state index contributed by atoms with van der Waals surface area (Å²) >= 11 is 12.4. The number of nitrogens with zero attached hydrogens (tertiary/aromatic N) is 3. The van der Waals surface area contributed by atoms with Gasteiger partial charge in [0.05, 0.1) is 5.69 Å². The van der Waals surface area contributed by atoms with Gasteiger partial charge in [0.2, 0.25) is 0 Å². The van der Waals surface area contributed by atoms with Gasteiger partial charge in [0.15, 0.2) is 0 Å². The first-order chi connectivity index (χ1) is 16.5. The second-order valence-electron chi connectivity index (χ2n) is 10.5. The zero-order valence-corrected chi connectivity index (χ0v) is 21.4. The Morgan fingerprint density at radius 1 is 0.824 bits per heavy atom. The van der Waals surface area contributed by atoms with Crippen molar-refractivity contribution in [3.63, 3.8) is 0 Å². The van der Waals surface area contributed by atoms with Gasteiger partial charge in [-0.25, -0.2) is 0 Å². The third-order valence-corrected chi connectivity index (χ3v) is 9.05. The second kappa shape index (κ2) is 9.35. The van der Waals surface area contributed by atoms with Crippen LogP contribution in [0.1, 0.15) is 36.9 Å². The summed E-state index contributed by atoms with van der Waals surface area (Å²) in [5.74, 6) is 2.00. The molecule has 3 fully saturated rings. The molecule has 0 N–H and O–H groups in total. The van der Waals surface area contributed by atoms with Crippen LogP contribution in [0, 0.1) is 18.8 Å². The van der Waals surface area contributed by atoms with E-state index in [2.05, 4.69) is 51.6 Å². The van der Waals surface area contributed by atoms with E-state index in [1.807, 2.05) is 24.3 Å². The summed E-state index contributed by atoms with van der Waals surface area (Å²) < 4.78 is 2.36. The largest absolute Gasteiger partial charge is 0.314 e. The van der Waals surface area contributed by atoms with E-state index < -0.39 is 0 Å². The summed E-state index contributed by atoms with van der Waals surface area (Å²) in [6.07, 6.45) is 5.91. The first kappa shape index (κ1) is 22.7. The summed E-state index contributed by atoms with van der Waals surface area (Å²) in [7, 11) is 0. The number of benzene rings is 2. The molecular formula is C29H33Cl2N3. The maximum atomic E-state index is 6.19. The Morgan fingerprint density at radius 3 is 2.12 bits per heavy atom. The number of halogens is 2. The molecule has 2 bridgehead atoms. The molecule has 0 radical (unpaired) electrons. The fraction of sp³-hybridized carbons (Fsp3) is 0.448. The second-order valence-corrected chi connectivity index (χ2v) is 11.4. The minimum atomic E-state index is 0.759. The molecule has 1 saturated heterocycles. The maximum Gasteiger partial charge on any atom is 0.0534 e. The molecule has 178 valence electrons. The highest BCUT2D eigenvalue weighted by molar-refractivity contribution is 6.30. The molecule has 2 saturated carbocycles. The summed E-state index contributed by atoms with van der Waals surface area (Å²) in [6.45, 7) is 8.00. The first-order valence-corrected chi connectivity index (χ1v) is 13.5. The molecule has 3 atom stereocenters. The smallest absolute Gasteiger partial charge is 0.0534 e. The van der Waals surface area contributed by atoms with Crippen LogP contribution in [0.15, 0.2) is 54.6 Å². The van der Waals surface area contributed by atoms with Crippen molar-refractivity contribution >= 4 is 23.2 Å². The van der Waals surface area contributed by atoms with Crippen LogP contribution in [0.2, 0.25) is 10.0 Å². The highest BCUT2D eigenvalue weighted by Crippen LogP contribution is 2.46. The summed E-state index contributed by atoms with van der Waals surface area (Å²) in [5.41, 5.74) is 6.21. The lowest BCUT2D eigenvalue weighted by molar-refractivity contribution is 0.0679. The lowest BCUT2D eigenvalue weighted by atomic mass is 9.93. The van der Waals surface area contributed by atoms with Crippen LogP contribution < -0.4 is 0 Å². The van der Waals surface area contributed by atoms with Crippen LogP contribution in [0.5, 0.6) is 0 Å². The average Bonchev–Trinajstić information content (AvgIpc) is 3.56. The standard InChI is InChI=1S/C29H33Cl2N3/c1-20-24(19-32-12-14-33(15-13-32)28-17-21-2-3-23(28)16-21)18-29(22-4-6-25(30)7-5-22)34(20)27-10-8-26(31)9-11-27/h4-11,18,21,23,28H,2-3,12-17,19H2,1H3. The number of fused-ring (bicyclic) bond motifs is 2. The van der Waals surface area contributed by atoms with E-state index in [1.54, 1.807) is 0 Å². The number of aromatic nitrogens is 1. The number of hydrogen-bond donors (Lipinski definition) is 0. The molecule has 1 aromatic heterocycles. The van der Waals surface area contributed by atoms with Gasteiger partial charge >= 0.3 is 0 Å². The molecule has 3 aliphatic rings. The van der Waals surface area contributed by atoms with Crippen LogP contribution in [0.25, 0.3) is 16.9 Å². The first-order valence-electron chi connectivity index (χ1n) is 12.7. The zero-order chi connectivity index (χ0) is 23.2. The lowest BCUT2D eigenvalue weighted by Gasteiger charge is -2.41. The minimum absolute atomic E-state index is 0.759. The van der Waals surface area contributed by atoms with Gasteiger partial charge in [0.25, 0.3) is 0 Å². The van der Waals surface area contributed by atoms with E-state index in [9.17, 15) is 0 Å². The molecule has 0 amide bonds. The molecule has 2 heterocycles. The molecule has 3 nitrogen and oxygen atoms in total. The Hall–Kier alpha value is -1.78. The molecule has 5 heteroatoms. The minimum Gasteiger partial charge on any atom is -0.314 e. The van der Waals surface area contributed by atoms with Crippen molar-refractivity contribution in [2.45, 2.75) is 45.2 Å². The fourth-order valence-corrected chi connectivity index (χ4v) is 6.98. The van der Waals surface area contributed by atoms with E-state index in [-0.39, 0.29) is 0 Å². The molecular weight excluding hydrogens is 461 g/mol. The summed E-state index contributed by atoms with van der Waals surface area (Å²) in [6, 6.07) is 19.6. The van der Waals surface area contributed by atoms with Gasteiger partial charge < -0.3 is 4.57 Å². The Balaban J connectivity index is 1.23. The van der Waals surface area contributed by atoms with Crippen molar-refractivity contribution in [2.24, 2.45) is 11.8 Å². The zero-order valence-electron chi connectivity index (χ0n) is 19.9. The van der Waals surface area contributed by atoms with Gasteiger partial charge in [0.1, 0.15) is 0 Å².